The molecule has 0 amide bonds. The molecule has 2 rings (SSSR count). The zero-order chi connectivity index (χ0) is 11.0. The molecule has 0 fully saturated rings. The van der Waals surface area contributed by atoms with Gasteiger partial charge in [0.15, 0.2) is 11.6 Å². The first-order valence-corrected chi connectivity index (χ1v) is 5.18. The van der Waals surface area contributed by atoms with Gasteiger partial charge in [0.1, 0.15) is 0 Å². The van der Waals surface area contributed by atoms with E-state index in [0.29, 0.717) is 12.0 Å². The second kappa shape index (κ2) is 3.81. The number of ether oxygens (including phenoxy) is 1. The zero-order valence-corrected chi connectivity index (χ0v) is 8.96. The van der Waals surface area contributed by atoms with Crippen molar-refractivity contribution < 1.29 is 14.2 Å². The fourth-order valence-electron chi connectivity index (χ4n) is 2.23. The third kappa shape index (κ3) is 1.61. The van der Waals surface area contributed by atoms with Gasteiger partial charge in [-0.3, -0.25) is 0 Å². The van der Waals surface area contributed by atoms with Crippen molar-refractivity contribution in [3.63, 3.8) is 0 Å². The van der Waals surface area contributed by atoms with E-state index in [1.54, 1.807) is 6.07 Å². The standard InChI is InChI=1S/C12H15FO2/c1-7-9(14)5-3-8-4-6-10(15-2)12(13)11(7)8/h4,6-7,9,14H,3,5H2,1-2H3. The first-order chi connectivity index (χ1) is 7.15. The zero-order valence-electron chi connectivity index (χ0n) is 8.96. The molecular weight excluding hydrogens is 195 g/mol. The molecule has 82 valence electrons. The molecule has 0 spiro atoms. The molecule has 2 unspecified atom stereocenters. The average Bonchev–Trinajstić information content (AvgIpc) is 2.24. The van der Waals surface area contributed by atoms with Crippen LogP contribution in [-0.2, 0) is 6.42 Å². The van der Waals surface area contributed by atoms with Crippen molar-refractivity contribution >= 4 is 0 Å². The molecule has 0 heterocycles. The molecule has 0 bridgehead atoms. The molecule has 2 atom stereocenters. The highest BCUT2D eigenvalue weighted by molar-refractivity contribution is 5.41. The van der Waals surface area contributed by atoms with Gasteiger partial charge in [-0.05, 0) is 24.5 Å². The van der Waals surface area contributed by atoms with Gasteiger partial charge in [-0.1, -0.05) is 13.0 Å². The summed E-state index contributed by atoms with van der Waals surface area (Å²) in [6.45, 7) is 1.85. The highest BCUT2D eigenvalue weighted by Gasteiger charge is 2.28. The van der Waals surface area contributed by atoms with Crippen molar-refractivity contribution in [2.24, 2.45) is 0 Å². The van der Waals surface area contributed by atoms with Gasteiger partial charge in [-0.15, -0.1) is 0 Å². The molecule has 1 aliphatic carbocycles. The fraction of sp³-hybridized carbons (Fsp3) is 0.500. The van der Waals surface area contributed by atoms with E-state index in [0.717, 1.165) is 12.0 Å². The predicted octanol–water partition coefficient (Wildman–Crippen LogP) is 2.24. The Labute approximate surface area is 88.7 Å². The third-order valence-corrected chi connectivity index (χ3v) is 3.20. The van der Waals surface area contributed by atoms with E-state index in [1.807, 2.05) is 13.0 Å². The Kier molecular flexibility index (Phi) is 2.65. The van der Waals surface area contributed by atoms with Crippen LogP contribution in [0.2, 0.25) is 0 Å². The summed E-state index contributed by atoms with van der Waals surface area (Å²) in [4.78, 5) is 0. The van der Waals surface area contributed by atoms with Crippen LogP contribution in [0.4, 0.5) is 4.39 Å². The smallest absolute Gasteiger partial charge is 0.168 e. The van der Waals surface area contributed by atoms with E-state index >= 15 is 0 Å². The number of fused-ring (bicyclic) bond motifs is 1. The molecule has 2 nitrogen and oxygen atoms in total. The van der Waals surface area contributed by atoms with Crippen LogP contribution in [-0.4, -0.2) is 18.3 Å². The molecule has 15 heavy (non-hydrogen) atoms. The van der Waals surface area contributed by atoms with E-state index < -0.39 is 6.10 Å². The minimum atomic E-state index is -0.445. The lowest BCUT2D eigenvalue weighted by atomic mass is 9.81. The van der Waals surface area contributed by atoms with Gasteiger partial charge in [0, 0.05) is 11.5 Å². The number of benzene rings is 1. The summed E-state index contributed by atoms with van der Waals surface area (Å²) < 4.78 is 18.9. The Hall–Kier alpha value is -1.09. The van der Waals surface area contributed by atoms with E-state index in [-0.39, 0.29) is 17.5 Å². The van der Waals surface area contributed by atoms with Gasteiger partial charge >= 0.3 is 0 Å². The molecule has 0 aliphatic heterocycles. The highest BCUT2D eigenvalue weighted by atomic mass is 19.1. The molecular formula is C12H15FO2. The van der Waals surface area contributed by atoms with Crippen LogP contribution < -0.4 is 4.74 Å². The van der Waals surface area contributed by atoms with Crippen LogP contribution in [0.1, 0.15) is 30.4 Å². The number of methoxy groups -OCH3 is 1. The molecule has 0 saturated carbocycles. The van der Waals surface area contributed by atoms with Crippen molar-refractivity contribution in [3.8, 4) is 5.75 Å². The molecule has 1 aliphatic rings. The summed E-state index contributed by atoms with van der Waals surface area (Å²) in [5.74, 6) is -0.209. The summed E-state index contributed by atoms with van der Waals surface area (Å²) >= 11 is 0. The topological polar surface area (TPSA) is 29.5 Å². The predicted molar refractivity (Wildman–Crippen MR) is 55.7 cm³/mol. The summed E-state index contributed by atoms with van der Waals surface area (Å²) in [5, 5.41) is 9.71. The van der Waals surface area contributed by atoms with E-state index in [2.05, 4.69) is 0 Å². The number of hydrogen-bond acceptors (Lipinski definition) is 2. The van der Waals surface area contributed by atoms with Crippen LogP contribution >= 0.6 is 0 Å². The van der Waals surface area contributed by atoms with Crippen LogP contribution in [0.15, 0.2) is 12.1 Å². The summed E-state index contributed by atoms with van der Waals surface area (Å²) in [5.41, 5.74) is 1.61. The summed E-state index contributed by atoms with van der Waals surface area (Å²) in [6, 6.07) is 3.54. The van der Waals surface area contributed by atoms with Crippen molar-refractivity contribution in [2.45, 2.75) is 31.8 Å². The quantitative estimate of drug-likeness (QED) is 0.770. The van der Waals surface area contributed by atoms with Gasteiger partial charge < -0.3 is 9.84 Å². The van der Waals surface area contributed by atoms with Crippen molar-refractivity contribution in [1.82, 2.24) is 0 Å². The van der Waals surface area contributed by atoms with Crippen LogP contribution in [0.5, 0.6) is 5.75 Å². The Balaban J connectivity index is 2.53. The minimum absolute atomic E-state index is 0.149. The maximum atomic E-state index is 13.9. The number of aliphatic hydroxyl groups excluding tert-OH is 1. The second-order valence-corrected chi connectivity index (χ2v) is 4.05. The van der Waals surface area contributed by atoms with Gasteiger partial charge in [0.25, 0.3) is 0 Å². The lowest BCUT2D eigenvalue weighted by Crippen LogP contribution is -2.24. The van der Waals surface area contributed by atoms with Gasteiger partial charge in [0.05, 0.1) is 13.2 Å². The van der Waals surface area contributed by atoms with E-state index in [4.69, 9.17) is 4.74 Å². The Morgan fingerprint density at radius 1 is 1.47 bits per heavy atom. The van der Waals surface area contributed by atoms with Gasteiger partial charge in [0.2, 0.25) is 0 Å². The number of halogens is 1. The van der Waals surface area contributed by atoms with Gasteiger partial charge in [-0.2, -0.15) is 0 Å². The lowest BCUT2D eigenvalue weighted by Gasteiger charge is -2.28. The largest absolute Gasteiger partial charge is 0.494 e. The Bertz CT molecular complexity index is 376. The normalized spacial score (nSPS) is 24.8. The molecule has 1 N–H and O–H groups in total. The summed E-state index contributed by atoms with van der Waals surface area (Å²) in [6.07, 6.45) is 1.00. The van der Waals surface area contributed by atoms with Crippen LogP contribution in [0.25, 0.3) is 0 Å². The average molecular weight is 210 g/mol. The Morgan fingerprint density at radius 2 is 2.20 bits per heavy atom. The maximum Gasteiger partial charge on any atom is 0.168 e. The minimum Gasteiger partial charge on any atom is -0.494 e. The molecule has 0 saturated heterocycles. The van der Waals surface area contributed by atoms with Crippen molar-refractivity contribution in [3.05, 3.63) is 29.1 Å². The molecule has 1 aromatic carbocycles. The molecule has 0 aromatic heterocycles. The van der Waals surface area contributed by atoms with Crippen molar-refractivity contribution in [1.29, 1.82) is 0 Å². The van der Waals surface area contributed by atoms with Gasteiger partial charge in [-0.25, -0.2) is 4.39 Å². The molecule has 3 heteroatoms. The molecule has 0 radical (unpaired) electrons. The number of rotatable bonds is 1. The van der Waals surface area contributed by atoms with Crippen molar-refractivity contribution in [2.75, 3.05) is 7.11 Å². The van der Waals surface area contributed by atoms with Crippen LogP contribution in [0.3, 0.4) is 0 Å². The number of aryl methyl sites for hydroxylation is 1. The number of aliphatic hydroxyl groups is 1. The maximum absolute atomic E-state index is 13.9. The van der Waals surface area contributed by atoms with Crippen LogP contribution in [0, 0.1) is 5.82 Å². The Morgan fingerprint density at radius 3 is 2.87 bits per heavy atom. The first kappa shape index (κ1) is 10.4. The highest BCUT2D eigenvalue weighted by Crippen LogP contribution is 2.36. The summed E-state index contributed by atoms with van der Waals surface area (Å²) in [7, 11) is 1.45. The fourth-order valence-corrected chi connectivity index (χ4v) is 2.23. The monoisotopic (exact) mass is 210 g/mol. The SMILES string of the molecule is COc1ccc2c(c1F)C(C)C(O)CC2. The van der Waals surface area contributed by atoms with E-state index in [9.17, 15) is 9.50 Å². The lowest BCUT2D eigenvalue weighted by molar-refractivity contribution is 0.130. The van der Waals surface area contributed by atoms with E-state index in [1.165, 1.54) is 7.11 Å². The molecule has 1 aromatic rings. The number of hydrogen-bond donors (Lipinski definition) is 1. The third-order valence-electron chi connectivity index (χ3n) is 3.20. The second-order valence-electron chi connectivity index (χ2n) is 4.05. The first-order valence-electron chi connectivity index (χ1n) is 5.18.